The van der Waals surface area contributed by atoms with Crippen LogP contribution in [0.4, 0.5) is 0 Å². The van der Waals surface area contributed by atoms with Crippen molar-refractivity contribution in [2.75, 3.05) is 73.1 Å². The highest BCUT2D eigenvalue weighted by Gasteiger charge is 2.20. The molecule has 1 heterocycles. The van der Waals surface area contributed by atoms with Crippen LogP contribution in [0.15, 0.2) is 0 Å². The molecule has 0 aromatic carbocycles. The lowest BCUT2D eigenvalue weighted by Crippen LogP contribution is -2.50. The maximum Gasteiger partial charge on any atom is 0.170 e. The maximum atomic E-state index is 5.61. The lowest BCUT2D eigenvalue weighted by atomic mass is 10.3. The molecule has 0 saturated carbocycles. The maximum absolute atomic E-state index is 5.61. The fourth-order valence-corrected chi connectivity index (χ4v) is 2.27. The van der Waals surface area contributed by atoms with Gasteiger partial charge in [0.2, 0.25) is 0 Å². The van der Waals surface area contributed by atoms with E-state index in [1.807, 2.05) is 13.8 Å². The second-order valence-corrected chi connectivity index (χ2v) is 5.29. The third-order valence-corrected chi connectivity index (χ3v) is 3.44. The van der Waals surface area contributed by atoms with Gasteiger partial charge in [0.25, 0.3) is 0 Å². The molecular formula is C14H31N3O2. The average molecular weight is 273 g/mol. The van der Waals surface area contributed by atoms with Crippen molar-refractivity contribution in [3.8, 4) is 0 Å². The summed E-state index contributed by atoms with van der Waals surface area (Å²) < 4.78 is 11.2. The molecule has 5 heteroatoms. The summed E-state index contributed by atoms with van der Waals surface area (Å²) in [7, 11) is 4.26. The minimum Gasteiger partial charge on any atom is -0.352 e. The first-order valence-corrected chi connectivity index (χ1v) is 7.48. The molecule has 114 valence electrons. The van der Waals surface area contributed by atoms with Crippen LogP contribution in [-0.2, 0) is 9.47 Å². The lowest BCUT2D eigenvalue weighted by molar-refractivity contribution is -0.149. The monoisotopic (exact) mass is 273 g/mol. The lowest BCUT2D eigenvalue weighted by Gasteiger charge is -2.36. The zero-order chi connectivity index (χ0) is 14.1. The van der Waals surface area contributed by atoms with Crippen molar-refractivity contribution in [1.29, 1.82) is 0 Å². The van der Waals surface area contributed by atoms with Crippen molar-refractivity contribution >= 4 is 0 Å². The largest absolute Gasteiger partial charge is 0.352 e. The third kappa shape index (κ3) is 7.22. The Morgan fingerprint density at radius 1 is 0.947 bits per heavy atom. The highest BCUT2D eigenvalue weighted by Crippen LogP contribution is 2.05. The first-order valence-electron chi connectivity index (χ1n) is 7.48. The van der Waals surface area contributed by atoms with Gasteiger partial charge in [-0.2, -0.15) is 0 Å². The van der Waals surface area contributed by atoms with E-state index in [2.05, 4.69) is 28.8 Å². The molecule has 1 saturated heterocycles. The standard InChI is InChI=1S/C14H31N3O2/c1-5-18-14(19-6-2)13-17-11-9-16(10-12-17)8-7-15(3)4/h14H,5-13H2,1-4H3. The summed E-state index contributed by atoms with van der Waals surface area (Å²) in [4.78, 5) is 7.22. The van der Waals surface area contributed by atoms with Crippen LogP contribution in [0.1, 0.15) is 13.8 Å². The van der Waals surface area contributed by atoms with E-state index in [0.717, 1.165) is 39.3 Å². The molecule has 0 aromatic heterocycles. The molecule has 0 spiro atoms. The minimum atomic E-state index is -0.0664. The van der Waals surface area contributed by atoms with Gasteiger partial charge in [0.15, 0.2) is 6.29 Å². The molecule has 5 nitrogen and oxygen atoms in total. The molecule has 0 aromatic rings. The molecule has 1 aliphatic heterocycles. The number of ether oxygens (including phenoxy) is 2. The van der Waals surface area contributed by atoms with Crippen molar-refractivity contribution in [2.45, 2.75) is 20.1 Å². The first kappa shape index (κ1) is 16.9. The van der Waals surface area contributed by atoms with Crippen molar-refractivity contribution < 1.29 is 9.47 Å². The van der Waals surface area contributed by atoms with E-state index in [1.54, 1.807) is 0 Å². The molecule has 0 amide bonds. The summed E-state index contributed by atoms with van der Waals surface area (Å²) in [5.74, 6) is 0. The predicted octanol–water partition coefficient (Wildman–Crippen LogP) is 0.565. The van der Waals surface area contributed by atoms with Gasteiger partial charge in [-0.3, -0.25) is 9.80 Å². The van der Waals surface area contributed by atoms with Crippen molar-refractivity contribution in [2.24, 2.45) is 0 Å². The number of rotatable bonds is 9. The van der Waals surface area contributed by atoms with Gasteiger partial charge < -0.3 is 14.4 Å². The van der Waals surface area contributed by atoms with Crippen LogP contribution in [0.2, 0.25) is 0 Å². The Labute approximate surface area is 118 Å². The number of hydrogen-bond donors (Lipinski definition) is 0. The van der Waals surface area contributed by atoms with E-state index in [1.165, 1.54) is 6.54 Å². The topological polar surface area (TPSA) is 28.2 Å². The number of nitrogens with zero attached hydrogens (tertiary/aromatic N) is 3. The smallest absolute Gasteiger partial charge is 0.170 e. The van der Waals surface area contributed by atoms with Gasteiger partial charge in [-0.25, -0.2) is 0 Å². The van der Waals surface area contributed by atoms with E-state index in [0.29, 0.717) is 13.2 Å². The summed E-state index contributed by atoms with van der Waals surface area (Å²) in [6.07, 6.45) is -0.0664. The van der Waals surface area contributed by atoms with Crippen molar-refractivity contribution in [3.05, 3.63) is 0 Å². The molecule has 0 bridgehead atoms. The highest BCUT2D eigenvalue weighted by molar-refractivity contribution is 4.73. The van der Waals surface area contributed by atoms with Crippen molar-refractivity contribution in [1.82, 2.24) is 14.7 Å². The third-order valence-electron chi connectivity index (χ3n) is 3.44. The van der Waals surface area contributed by atoms with Gasteiger partial charge in [-0.15, -0.1) is 0 Å². The molecular weight excluding hydrogens is 242 g/mol. The quantitative estimate of drug-likeness (QED) is 0.573. The van der Waals surface area contributed by atoms with E-state index < -0.39 is 0 Å². The average Bonchev–Trinajstić information content (AvgIpc) is 2.38. The first-order chi connectivity index (χ1) is 9.15. The van der Waals surface area contributed by atoms with E-state index in [-0.39, 0.29) is 6.29 Å². The molecule has 1 rings (SSSR count). The van der Waals surface area contributed by atoms with Crippen LogP contribution in [0.25, 0.3) is 0 Å². The number of hydrogen-bond acceptors (Lipinski definition) is 5. The van der Waals surface area contributed by atoms with Crippen LogP contribution >= 0.6 is 0 Å². The Bertz CT molecular complexity index is 213. The second-order valence-electron chi connectivity index (χ2n) is 5.29. The Balaban J connectivity index is 2.21. The molecule has 0 radical (unpaired) electrons. The summed E-state index contributed by atoms with van der Waals surface area (Å²) in [6, 6.07) is 0. The van der Waals surface area contributed by atoms with Crippen molar-refractivity contribution in [3.63, 3.8) is 0 Å². The van der Waals surface area contributed by atoms with Crippen LogP contribution in [0, 0.1) is 0 Å². The van der Waals surface area contributed by atoms with E-state index >= 15 is 0 Å². The minimum absolute atomic E-state index is 0.0664. The Morgan fingerprint density at radius 3 is 1.95 bits per heavy atom. The van der Waals surface area contributed by atoms with Crippen LogP contribution in [0.3, 0.4) is 0 Å². The van der Waals surface area contributed by atoms with Gasteiger partial charge in [-0.1, -0.05) is 0 Å². The molecule has 0 N–H and O–H groups in total. The van der Waals surface area contributed by atoms with Gasteiger partial charge in [-0.05, 0) is 27.9 Å². The Morgan fingerprint density at radius 2 is 1.47 bits per heavy atom. The second kappa shape index (κ2) is 9.66. The summed E-state index contributed by atoms with van der Waals surface area (Å²) >= 11 is 0. The van der Waals surface area contributed by atoms with E-state index in [9.17, 15) is 0 Å². The van der Waals surface area contributed by atoms with Crippen LogP contribution in [0.5, 0.6) is 0 Å². The molecule has 19 heavy (non-hydrogen) atoms. The zero-order valence-electron chi connectivity index (χ0n) is 13.1. The normalized spacial score (nSPS) is 18.6. The summed E-state index contributed by atoms with van der Waals surface area (Å²) in [5, 5.41) is 0. The fourth-order valence-electron chi connectivity index (χ4n) is 2.27. The molecule has 0 aliphatic carbocycles. The van der Waals surface area contributed by atoms with Gasteiger partial charge in [0.05, 0.1) is 0 Å². The Kier molecular flexibility index (Phi) is 8.57. The zero-order valence-corrected chi connectivity index (χ0v) is 13.1. The van der Waals surface area contributed by atoms with Crippen LogP contribution in [-0.4, -0.2) is 94.1 Å². The molecule has 0 unspecified atom stereocenters. The van der Waals surface area contributed by atoms with Gasteiger partial charge in [0.1, 0.15) is 0 Å². The number of likely N-dealkylation sites (N-methyl/N-ethyl adjacent to an activating group) is 1. The van der Waals surface area contributed by atoms with Crippen LogP contribution < -0.4 is 0 Å². The molecule has 1 aliphatic rings. The summed E-state index contributed by atoms with van der Waals surface area (Å²) in [5.41, 5.74) is 0. The number of piperazine rings is 1. The molecule has 0 atom stereocenters. The van der Waals surface area contributed by atoms with Gasteiger partial charge >= 0.3 is 0 Å². The Hall–Kier alpha value is -0.200. The SMILES string of the molecule is CCOC(CN1CCN(CCN(C)C)CC1)OCC. The molecule has 1 fully saturated rings. The van der Waals surface area contributed by atoms with Gasteiger partial charge in [0, 0.05) is 59.0 Å². The summed E-state index contributed by atoms with van der Waals surface area (Å²) in [6.45, 7) is 13.2. The highest BCUT2D eigenvalue weighted by atomic mass is 16.7. The van der Waals surface area contributed by atoms with E-state index in [4.69, 9.17) is 9.47 Å². The predicted molar refractivity (Wildman–Crippen MR) is 78.5 cm³/mol. The fraction of sp³-hybridized carbons (Fsp3) is 1.00.